The molecule has 3 nitrogen and oxygen atoms in total. The van der Waals surface area contributed by atoms with Gasteiger partial charge < -0.3 is 4.90 Å². The van der Waals surface area contributed by atoms with E-state index in [1.807, 2.05) is 6.92 Å². The van der Waals surface area contributed by atoms with Crippen molar-refractivity contribution in [2.75, 3.05) is 13.6 Å². The minimum Gasteiger partial charge on any atom is -0.304 e. The molecule has 0 aromatic heterocycles. The van der Waals surface area contributed by atoms with E-state index < -0.39 is 0 Å². The zero-order chi connectivity index (χ0) is 12.2. The van der Waals surface area contributed by atoms with Gasteiger partial charge in [-0.15, -0.1) is 0 Å². The Balaban J connectivity index is 2.44. The van der Waals surface area contributed by atoms with E-state index in [9.17, 15) is 5.26 Å². The minimum absolute atomic E-state index is 0.359. The zero-order valence-corrected chi connectivity index (χ0v) is 11.1. The summed E-state index contributed by atoms with van der Waals surface area (Å²) in [5.74, 6) is 0. The van der Waals surface area contributed by atoms with Gasteiger partial charge in [0.05, 0.1) is 6.07 Å². The van der Waals surface area contributed by atoms with Crippen LogP contribution in [0.5, 0.6) is 0 Å². The van der Waals surface area contributed by atoms with Crippen molar-refractivity contribution in [2.45, 2.75) is 64.1 Å². The predicted molar refractivity (Wildman–Crippen MR) is 67.2 cm³/mol. The van der Waals surface area contributed by atoms with Gasteiger partial charge in [0.2, 0.25) is 0 Å². The van der Waals surface area contributed by atoms with Crippen molar-refractivity contribution in [3.8, 4) is 6.07 Å². The highest BCUT2D eigenvalue weighted by Gasteiger charge is 2.34. The van der Waals surface area contributed by atoms with Crippen LogP contribution in [0.1, 0.15) is 46.5 Å². The van der Waals surface area contributed by atoms with Gasteiger partial charge in [-0.25, -0.2) is 0 Å². The third kappa shape index (κ3) is 4.11. The van der Waals surface area contributed by atoms with E-state index in [1.165, 1.54) is 19.3 Å². The van der Waals surface area contributed by atoms with Crippen LogP contribution in [-0.4, -0.2) is 36.1 Å². The summed E-state index contributed by atoms with van der Waals surface area (Å²) in [6, 6.07) is 3.49. The van der Waals surface area contributed by atoms with Crippen LogP contribution in [0.3, 0.4) is 0 Å². The fourth-order valence-corrected chi connectivity index (χ4v) is 2.13. The molecule has 0 bridgehead atoms. The third-order valence-corrected chi connectivity index (χ3v) is 3.38. The Bertz CT molecular complexity index is 254. The van der Waals surface area contributed by atoms with Crippen LogP contribution in [0.2, 0.25) is 0 Å². The van der Waals surface area contributed by atoms with E-state index in [-0.39, 0.29) is 5.54 Å². The Labute approximate surface area is 99.8 Å². The highest BCUT2D eigenvalue weighted by atomic mass is 15.1. The predicted octanol–water partition coefficient (Wildman–Crippen LogP) is 2.14. The SMILES string of the molecule is CCCN(C)C(C)CC(C)(C#N)NC1CC1. The smallest absolute Gasteiger partial charge is 0.105 e. The molecule has 2 unspecified atom stereocenters. The molecule has 1 N–H and O–H groups in total. The highest BCUT2D eigenvalue weighted by Crippen LogP contribution is 2.25. The molecule has 0 saturated heterocycles. The molecule has 1 fully saturated rings. The van der Waals surface area contributed by atoms with Crippen LogP contribution in [0.15, 0.2) is 0 Å². The molecule has 0 aliphatic heterocycles. The Morgan fingerprint density at radius 3 is 2.62 bits per heavy atom. The molecular formula is C13H25N3. The first-order valence-electron chi connectivity index (χ1n) is 6.40. The van der Waals surface area contributed by atoms with E-state index in [1.54, 1.807) is 0 Å². The largest absolute Gasteiger partial charge is 0.304 e. The molecule has 1 aliphatic carbocycles. The van der Waals surface area contributed by atoms with Crippen molar-refractivity contribution >= 4 is 0 Å². The Morgan fingerprint density at radius 1 is 1.56 bits per heavy atom. The number of hydrogen-bond donors (Lipinski definition) is 1. The molecular weight excluding hydrogens is 198 g/mol. The molecule has 1 rings (SSSR count). The van der Waals surface area contributed by atoms with Crippen molar-refractivity contribution in [2.24, 2.45) is 0 Å². The van der Waals surface area contributed by atoms with Gasteiger partial charge in [-0.1, -0.05) is 6.92 Å². The lowest BCUT2D eigenvalue weighted by molar-refractivity contribution is 0.212. The summed E-state index contributed by atoms with van der Waals surface area (Å²) >= 11 is 0. The molecule has 1 saturated carbocycles. The first kappa shape index (κ1) is 13.5. The van der Waals surface area contributed by atoms with Crippen LogP contribution < -0.4 is 5.32 Å². The van der Waals surface area contributed by atoms with Gasteiger partial charge in [-0.3, -0.25) is 5.32 Å². The lowest BCUT2D eigenvalue weighted by atomic mass is 9.94. The van der Waals surface area contributed by atoms with Crippen molar-refractivity contribution in [3.05, 3.63) is 0 Å². The van der Waals surface area contributed by atoms with Gasteiger partial charge in [0.1, 0.15) is 5.54 Å². The number of hydrogen-bond acceptors (Lipinski definition) is 3. The van der Waals surface area contributed by atoms with Gasteiger partial charge in [0.25, 0.3) is 0 Å². The molecule has 1 aliphatic rings. The number of nitrogens with zero attached hydrogens (tertiary/aromatic N) is 2. The Morgan fingerprint density at radius 2 is 2.19 bits per heavy atom. The maximum absolute atomic E-state index is 9.29. The van der Waals surface area contributed by atoms with Crippen molar-refractivity contribution in [1.29, 1.82) is 5.26 Å². The molecule has 0 radical (unpaired) electrons. The first-order chi connectivity index (χ1) is 7.50. The summed E-state index contributed by atoms with van der Waals surface area (Å²) in [7, 11) is 2.14. The van der Waals surface area contributed by atoms with Crippen LogP contribution in [-0.2, 0) is 0 Å². The third-order valence-electron chi connectivity index (χ3n) is 3.38. The standard InChI is InChI=1S/C13H25N3/c1-5-8-16(4)11(2)9-13(3,10-14)15-12-6-7-12/h11-12,15H,5-9H2,1-4H3. The van der Waals surface area contributed by atoms with Gasteiger partial charge in [0.15, 0.2) is 0 Å². The Kier molecular flexibility index (Phi) is 4.76. The second-order valence-electron chi connectivity index (χ2n) is 5.40. The van der Waals surface area contributed by atoms with E-state index in [0.29, 0.717) is 12.1 Å². The Hall–Kier alpha value is -0.590. The van der Waals surface area contributed by atoms with Crippen molar-refractivity contribution in [1.82, 2.24) is 10.2 Å². The number of nitriles is 1. The van der Waals surface area contributed by atoms with Gasteiger partial charge in [0, 0.05) is 12.1 Å². The number of nitrogens with one attached hydrogen (secondary N) is 1. The molecule has 0 spiro atoms. The molecule has 3 heteroatoms. The summed E-state index contributed by atoms with van der Waals surface area (Å²) in [4.78, 5) is 2.34. The average molecular weight is 223 g/mol. The van der Waals surface area contributed by atoms with Crippen LogP contribution in [0, 0.1) is 11.3 Å². The second-order valence-corrected chi connectivity index (χ2v) is 5.40. The topological polar surface area (TPSA) is 39.1 Å². The fourth-order valence-electron chi connectivity index (χ4n) is 2.13. The van der Waals surface area contributed by atoms with Crippen LogP contribution in [0.4, 0.5) is 0 Å². The first-order valence-corrected chi connectivity index (χ1v) is 6.40. The minimum atomic E-state index is -0.359. The molecule has 0 aromatic rings. The molecule has 92 valence electrons. The van der Waals surface area contributed by atoms with E-state index in [4.69, 9.17) is 0 Å². The molecule has 16 heavy (non-hydrogen) atoms. The van der Waals surface area contributed by atoms with Crippen molar-refractivity contribution < 1.29 is 0 Å². The van der Waals surface area contributed by atoms with E-state index in [2.05, 4.69) is 37.2 Å². The molecule has 0 amide bonds. The van der Waals surface area contributed by atoms with Crippen molar-refractivity contribution in [3.63, 3.8) is 0 Å². The summed E-state index contributed by atoms with van der Waals surface area (Å²) < 4.78 is 0. The molecule has 0 heterocycles. The quantitative estimate of drug-likeness (QED) is 0.718. The number of rotatable bonds is 7. The lowest BCUT2D eigenvalue weighted by Gasteiger charge is -2.31. The van der Waals surface area contributed by atoms with E-state index >= 15 is 0 Å². The van der Waals surface area contributed by atoms with Crippen LogP contribution >= 0.6 is 0 Å². The molecule has 2 atom stereocenters. The van der Waals surface area contributed by atoms with Gasteiger partial charge in [-0.05, 0) is 53.1 Å². The normalized spacial score (nSPS) is 21.5. The summed E-state index contributed by atoms with van der Waals surface area (Å²) in [6.45, 7) is 7.53. The maximum Gasteiger partial charge on any atom is 0.105 e. The second kappa shape index (κ2) is 5.65. The van der Waals surface area contributed by atoms with Gasteiger partial charge in [-0.2, -0.15) is 5.26 Å². The summed E-state index contributed by atoms with van der Waals surface area (Å²) in [5, 5.41) is 12.7. The lowest BCUT2D eigenvalue weighted by Crippen LogP contribution is -2.47. The maximum atomic E-state index is 9.29. The monoisotopic (exact) mass is 223 g/mol. The summed E-state index contributed by atoms with van der Waals surface area (Å²) in [6.07, 6.45) is 4.53. The summed E-state index contributed by atoms with van der Waals surface area (Å²) in [5.41, 5.74) is -0.359. The molecule has 0 aromatic carbocycles. The average Bonchev–Trinajstić information content (AvgIpc) is 3.01. The zero-order valence-electron chi connectivity index (χ0n) is 11.1. The van der Waals surface area contributed by atoms with Crippen LogP contribution in [0.25, 0.3) is 0 Å². The van der Waals surface area contributed by atoms with E-state index in [0.717, 1.165) is 13.0 Å². The highest BCUT2D eigenvalue weighted by molar-refractivity contribution is 5.08. The van der Waals surface area contributed by atoms with Gasteiger partial charge >= 0.3 is 0 Å². The fraction of sp³-hybridized carbons (Fsp3) is 0.923.